The van der Waals surface area contributed by atoms with Crippen LogP contribution in [0.3, 0.4) is 0 Å². The number of rotatable bonds is 6. The predicted molar refractivity (Wildman–Crippen MR) is 148 cm³/mol. The van der Waals surface area contributed by atoms with Gasteiger partial charge in [0, 0.05) is 45.0 Å². The van der Waals surface area contributed by atoms with Crippen molar-refractivity contribution in [2.24, 2.45) is 7.05 Å². The Morgan fingerprint density at radius 3 is 2.49 bits per heavy atom. The molecule has 1 aliphatic carbocycles. The van der Waals surface area contributed by atoms with Crippen molar-refractivity contribution in [2.45, 2.75) is 63.6 Å². The second-order valence-corrected chi connectivity index (χ2v) is 10.7. The quantitative estimate of drug-likeness (QED) is 0.463. The molecule has 2 fully saturated rings. The van der Waals surface area contributed by atoms with Crippen molar-refractivity contribution in [1.82, 2.24) is 9.55 Å². The van der Waals surface area contributed by atoms with Crippen LogP contribution >= 0.6 is 0 Å². The van der Waals surface area contributed by atoms with E-state index in [4.69, 9.17) is 4.74 Å². The summed E-state index contributed by atoms with van der Waals surface area (Å²) in [4.78, 5) is 22.0. The average Bonchev–Trinajstić information content (AvgIpc) is 3.46. The number of ether oxygens (including phenoxy) is 1. The van der Waals surface area contributed by atoms with Crippen LogP contribution in [-0.4, -0.2) is 47.9 Å². The standard InChI is InChI=1S/C30H33FN6O2/c1-19-15-20(31)6-12-26(19)37(18-24-5-4-14-39-24)23-10-8-22(9-11-23)35(2)29-25(17-33)30(38)36(3)27-13-7-21(16-32)34-28(27)29/h6-7,12-13,15,22-24H,4-5,8-11,14,18H2,1-3H3/t22-,23+,24?. The Bertz CT molecular complexity index is 1520. The van der Waals surface area contributed by atoms with Gasteiger partial charge in [-0.05, 0) is 81.3 Å². The number of pyridine rings is 2. The van der Waals surface area contributed by atoms with E-state index in [1.807, 2.05) is 24.9 Å². The summed E-state index contributed by atoms with van der Waals surface area (Å²) in [5.41, 5.74) is 3.42. The minimum atomic E-state index is -0.374. The number of halogens is 1. The van der Waals surface area contributed by atoms with Gasteiger partial charge in [0.1, 0.15) is 34.7 Å². The summed E-state index contributed by atoms with van der Waals surface area (Å²) in [6.07, 6.45) is 5.76. The van der Waals surface area contributed by atoms with Crippen LogP contribution in [0.25, 0.3) is 11.0 Å². The average molecular weight is 529 g/mol. The van der Waals surface area contributed by atoms with E-state index in [0.717, 1.165) is 62.9 Å². The van der Waals surface area contributed by atoms with Crippen molar-refractivity contribution < 1.29 is 9.13 Å². The van der Waals surface area contributed by atoms with Crippen LogP contribution in [-0.2, 0) is 11.8 Å². The van der Waals surface area contributed by atoms with E-state index < -0.39 is 0 Å². The van der Waals surface area contributed by atoms with E-state index in [9.17, 15) is 19.7 Å². The first-order valence-electron chi connectivity index (χ1n) is 13.5. The summed E-state index contributed by atoms with van der Waals surface area (Å²) in [7, 11) is 3.53. The fourth-order valence-corrected chi connectivity index (χ4v) is 6.23. The van der Waals surface area contributed by atoms with Crippen molar-refractivity contribution >= 4 is 22.4 Å². The summed E-state index contributed by atoms with van der Waals surface area (Å²) >= 11 is 0. The van der Waals surface area contributed by atoms with Gasteiger partial charge < -0.3 is 19.1 Å². The molecule has 1 atom stereocenters. The molecule has 1 aromatic carbocycles. The van der Waals surface area contributed by atoms with Crippen molar-refractivity contribution in [3.63, 3.8) is 0 Å². The third-order valence-corrected chi connectivity index (χ3v) is 8.34. The summed E-state index contributed by atoms with van der Waals surface area (Å²) in [6.45, 7) is 3.51. The number of hydrogen-bond acceptors (Lipinski definition) is 7. The van der Waals surface area contributed by atoms with Gasteiger partial charge in [0.25, 0.3) is 5.56 Å². The Labute approximate surface area is 227 Å². The van der Waals surface area contributed by atoms with Crippen molar-refractivity contribution in [1.29, 1.82) is 10.5 Å². The lowest BCUT2D eigenvalue weighted by molar-refractivity contribution is 0.112. The highest BCUT2D eigenvalue weighted by Crippen LogP contribution is 2.36. The molecule has 2 aromatic heterocycles. The van der Waals surface area contributed by atoms with Crippen LogP contribution in [0.4, 0.5) is 15.8 Å². The molecule has 3 heterocycles. The van der Waals surface area contributed by atoms with Gasteiger partial charge in [0.2, 0.25) is 0 Å². The van der Waals surface area contributed by atoms with E-state index in [-0.39, 0.29) is 40.8 Å². The highest BCUT2D eigenvalue weighted by atomic mass is 19.1. The molecule has 0 amide bonds. The van der Waals surface area contributed by atoms with Gasteiger partial charge >= 0.3 is 0 Å². The molecule has 1 saturated carbocycles. The monoisotopic (exact) mass is 528 g/mol. The highest BCUT2D eigenvalue weighted by Gasteiger charge is 2.33. The van der Waals surface area contributed by atoms with Gasteiger partial charge in [-0.2, -0.15) is 10.5 Å². The van der Waals surface area contributed by atoms with Gasteiger partial charge in [0.15, 0.2) is 0 Å². The molecule has 5 rings (SSSR count). The van der Waals surface area contributed by atoms with Gasteiger partial charge in [-0.1, -0.05) is 0 Å². The van der Waals surface area contributed by atoms with Gasteiger partial charge in [-0.15, -0.1) is 0 Å². The minimum Gasteiger partial charge on any atom is -0.376 e. The van der Waals surface area contributed by atoms with Crippen LogP contribution in [0, 0.1) is 35.4 Å². The molecule has 8 nitrogen and oxygen atoms in total. The predicted octanol–water partition coefficient (Wildman–Crippen LogP) is 4.56. The lowest BCUT2D eigenvalue weighted by atomic mass is 9.88. The molecular formula is C30H33FN6O2. The molecule has 0 bridgehead atoms. The molecule has 1 unspecified atom stereocenters. The zero-order valence-corrected chi connectivity index (χ0v) is 22.7. The molecule has 9 heteroatoms. The van der Waals surface area contributed by atoms with E-state index in [2.05, 4.69) is 22.0 Å². The first-order valence-corrected chi connectivity index (χ1v) is 13.5. The van der Waals surface area contributed by atoms with E-state index in [1.54, 1.807) is 25.2 Å². The topological polar surface area (TPSA) is 98.2 Å². The van der Waals surface area contributed by atoms with Gasteiger partial charge in [-0.3, -0.25) is 4.79 Å². The van der Waals surface area contributed by atoms with Crippen molar-refractivity contribution in [2.75, 3.05) is 30.0 Å². The summed E-state index contributed by atoms with van der Waals surface area (Å²) in [6, 6.07) is 12.8. The number of hydrogen-bond donors (Lipinski definition) is 0. The number of aromatic nitrogens is 2. The van der Waals surface area contributed by atoms with Gasteiger partial charge in [-0.25, -0.2) is 9.37 Å². The number of nitriles is 2. The Kier molecular flexibility index (Phi) is 7.54. The highest BCUT2D eigenvalue weighted by molar-refractivity contribution is 5.92. The van der Waals surface area contributed by atoms with Crippen LogP contribution in [0.5, 0.6) is 0 Å². The SMILES string of the molecule is Cc1cc(F)ccc1N(CC1CCCO1)[C@H]1CC[C@@H](N(C)c2c(C#N)c(=O)n(C)c3ccc(C#N)nc23)CC1. The van der Waals surface area contributed by atoms with Crippen LogP contribution in [0.2, 0.25) is 0 Å². The summed E-state index contributed by atoms with van der Waals surface area (Å²) in [5.74, 6) is -0.235. The normalized spacial score (nSPS) is 20.9. The molecule has 202 valence electrons. The molecule has 0 spiro atoms. The molecule has 1 saturated heterocycles. The smallest absolute Gasteiger partial charge is 0.270 e. The maximum absolute atomic E-state index is 13.9. The lowest BCUT2D eigenvalue weighted by Gasteiger charge is -2.42. The molecule has 2 aliphatic rings. The first-order chi connectivity index (χ1) is 18.8. The first kappa shape index (κ1) is 26.6. The minimum absolute atomic E-state index is 0.0409. The van der Waals surface area contributed by atoms with Crippen LogP contribution in [0.1, 0.15) is 55.3 Å². The number of nitrogens with zero attached hydrogens (tertiary/aromatic N) is 6. The van der Waals surface area contributed by atoms with Gasteiger partial charge in [0.05, 0.1) is 17.3 Å². The zero-order chi connectivity index (χ0) is 27.7. The van der Waals surface area contributed by atoms with Crippen LogP contribution < -0.4 is 15.4 Å². The third kappa shape index (κ3) is 5.07. The van der Waals surface area contributed by atoms with E-state index in [0.29, 0.717) is 16.7 Å². The fraction of sp³-hybridized carbons (Fsp3) is 0.467. The van der Waals surface area contributed by atoms with E-state index >= 15 is 0 Å². The Morgan fingerprint density at radius 2 is 1.85 bits per heavy atom. The van der Waals surface area contributed by atoms with E-state index in [1.165, 1.54) is 10.6 Å². The van der Waals surface area contributed by atoms with Crippen LogP contribution in [0.15, 0.2) is 35.1 Å². The molecular weight excluding hydrogens is 495 g/mol. The lowest BCUT2D eigenvalue weighted by Crippen LogP contribution is -2.46. The maximum atomic E-state index is 13.9. The number of fused-ring (bicyclic) bond motifs is 1. The maximum Gasteiger partial charge on any atom is 0.270 e. The number of aryl methyl sites for hydroxylation is 2. The van der Waals surface area contributed by atoms with Crippen molar-refractivity contribution in [3.05, 3.63) is 63.3 Å². The molecule has 39 heavy (non-hydrogen) atoms. The zero-order valence-electron chi connectivity index (χ0n) is 22.7. The number of anilines is 2. The Balaban J connectivity index is 1.43. The molecule has 0 radical (unpaired) electrons. The summed E-state index contributed by atoms with van der Waals surface area (Å²) < 4.78 is 21.3. The Morgan fingerprint density at radius 1 is 1.10 bits per heavy atom. The molecule has 1 aliphatic heterocycles. The second kappa shape index (κ2) is 11.0. The largest absolute Gasteiger partial charge is 0.376 e. The third-order valence-electron chi connectivity index (χ3n) is 8.34. The molecule has 0 N–H and O–H groups in total. The molecule has 3 aromatic rings. The second-order valence-electron chi connectivity index (χ2n) is 10.7. The Hall–Kier alpha value is -3.95. The number of benzene rings is 1. The fourth-order valence-electron chi connectivity index (χ4n) is 6.23. The van der Waals surface area contributed by atoms with Crippen molar-refractivity contribution in [3.8, 4) is 12.1 Å². The summed E-state index contributed by atoms with van der Waals surface area (Å²) in [5, 5.41) is 19.4.